The monoisotopic (exact) mass is 889 g/mol. The highest BCUT2D eigenvalue weighted by molar-refractivity contribution is 8.00. The number of oxime groups is 1. The third-order valence-corrected chi connectivity index (χ3v) is 13.6. The van der Waals surface area contributed by atoms with Crippen LogP contribution < -0.4 is 10.6 Å². The van der Waals surface area contributed by atoms with Crippen LogP contribution in [0.2, 0.25) is 0 Å². The van der Waals surface area contributed by atoms with Gasteiger partial charge < -0.3 is 24.9 Å². The highest BCUT2D eigenvalue weighted by Crippen LogP contribution is 2.44. The molecule has 0 saturated carbocycles. The highest BCUT2D eigenvalue weighted by Gasteiger charge is 2.55. The molecule has 0 spiro atoms. The second-order valence-corrected chi connectivity index (χ2v) is 17.4. The summed E-state index contributed by atoms with van der Waals surface area (Å²) in [6.45, 7) is 0. The second kappa shape index (κ2) is 18.8. The van der Waals surface area contributed by atoms with Crippen molar-refractivity contribution in [1.82, 2.24) is 15.2 Å². The molecule has 1 aromatic heterocycles. The number of cyclic esters (lactones) is 1. The first-order valence-electron chi connectivity index (χ1n) is 20.8. The molecule has 0 bridgehead atoms. The Morgan fingerprint density at radius 3 is 1.89 bits per heavy atom. The van der Waals surface area contributed by atoms with Gasteiger partial charge in [-0.3, -0.25) is 19.3 Å². The number of esters is 2. The minimum Gasteiger partial charge on any atom is -0.462 e. The maximum atomic E-state index is 14.5. The fraction of sp³-hybridized carbons (Fsp3) is 0.200. The van der Waals surface area contributed by atoms with Crippen molar-refractivity contribution in [3.63, 3.8) is 0 Å². The van der Waals surface area contributed by atoms with E-state index in [4.69, 9.17) is 19.3 Å². The average Bonchev–Trinajstić information content (AvgIpc) is 3.99. The van der Waals surface area contributed by atoms with Crippen molar-refractivity contribution >= 4 is 57.7 Å². The Labute approximate surface area is 378 Å². The molecule has 3 aliphatic heterocycles. The van der Waals surface area contributed by atoms with Gasteiger partial charge in [-0.1, -0.05) is 157 Å². The van der Waals surface area contributed by atoms with Crippen LogP contribution >= 0.6 is 23.1 Å². The van der Waals surface area contributed by atoms with Gasteiger partial charge in [0.05, 0.1) is 0 Å². The van der Waals surface area contributed by atoms with Crippen molar-refractivity contribution in [3.8, 4) is 0 Å². The number of aromatic nitrogens is 1. The summed E-state index contributed by atoms with van der Waals surface area (Å²) in [7, 11) is 1.33. The molecule has 2 fully saturated rings. The lowest BCUT2D eigenvalue weighted by Crippen LogP contribution is -2.71. The smallest absolute Gasteiger partial charge is 0.356 e. The zero-order valence-corrected chi connectivity index (χ0v) is 36.3. The van der Waals surface area contributed by atoms with Crippen LogP contribution in [0, 0.1) is 0 Å². The van der Waals surface area contributed by atoms with Crippen LogP contribution in [-0.2, 0) is 39.0 Å². The maximum absolute atomic E-state index is 14.5. The molecule has 0 radical (unpaired) electrons. The highest BCUT2D eigenvalue weighted by atomic mass is 32.2. The molecular weight excluding hydrogens is 847 g/mol. The van der Waals surface area contributed by atoms with E-state index in [0.717, 1.165) is 27.8 Å². The molecule has 64 heavy (non-hydrogen) atoms. The van der Waals surface area contributed by atoms with Crippen molar-refractivity contribution in [2.24, 2.45) is 5.16 Å². The number of amides is 2. The number of nitrogens with zero attached hydrogens (tertiary/aromatic N) is 3. The van der Waals surface area contributed by atoms with Gasteiger partial charge in [0.2, 0.25) is 0 Å². The number of rotatable bonds is 15. The lowest BCUT2D eigenvalue weighted by Gasteiger charge is -2.50. The average molecular weight is 890 g/mol. The molecule has 2 amide bonds. The van der Waals surface area contributed by atoms with Crippen LogP contribution in [0.1, 0.15) is 58.9 Å². The SMILES string of the molecule is CO/N=C(\C(=O)N[C@@H]1C(=O)N2C(C(=O)OC(c3ccccc3)c3ccccc3)=C(CC3CCC(=O)O3)CS[C@H]12)c1csc(NC(c2ccccc2)(c2ccccc2)c2ccccc2)n1. The predicted octanol–water partition coefficient (Wildman–Crippen LogP) is 7.98. The van der Waals surface area contributed by atoms with E-state index in [1.54, 1.807) is 5.38 Å². The minimum absolute atomic E-state index is 0.0961. The van der Waals surface area contributed by atoms with E-state index in [9.17, 15) is 19.2 Å². The lowest BCUT2D eigenvalue weighted by molar-refractivity contribution is -0.154. The number of β-lactam (4-membered cyclic amide) rings is 1. The third kappa shape index (κ3) is 8.41. The molecule has 3 atom stereocenters. The number of benzene rings is 5. The molecule has 4 heterocycles. The second-order valence-electron chi connectivity index (χ2n) is 15.4. The molecule has 322 valence electrons. The number of hydrogen-bond acceptors (Lipinski definition) is 12. The van der Waals surface area contributed by atoms with Crippen molar-refractivity contribution < 1.29 is 33.5 Å². The number of nitrogens with one attached hydrogen (secondary N) is 2. The Morgan fingerprint density at radius 1 is 0.828 bits per heavy atom. The summed E-state index contributed by atoms with van der Waals surface area (Å²) >= 11 is 2.71. The van der Waals surface area contributed by atoms with Crippen molar-refractivity contribution in [2.75, 3.05) is 18.2 Å². The number of thioether (sulfide) groups is 1. The summed E-state index contributed by atoms with van der Waals surface area (Å²) in [6.07, 6.45) is -0.149. The van der Waals surface area contributed by atoms with Gasteiger partial charge in [-0.15, -0.1) is 23.1 Å². The first-order chi connectivity index (χ1) is 31.3. The molecule has 0 aliphatic carbocycles. The molecule has 6 aromatic rings. The Morgan fingerprint density at radius 2 is 1.38 bits per heavy atom. The fourth-order valence-corrected chi connectivity index (χ4v) is 10.6. The number of fused-ring (bicyclic) bond motifs is 1. The van der Waals surface area contributed by atoms with Gasteiger partial charge >= 0.3 is 11.9 Å². The molecule has 1 unspecified atom stereocenters. The van der Waals surface area contributed by atoms with E-state index >= 15 is 0 Å². The predicted molar refractivity (Wildman–Crippen MR) is 245 cm³/mol. The van der Waals surface area contributed by atoms with Crippen molar-refractivity contribution in [3.05, 3.63) is 202 Å². The van der Waals surface area contributed by atoms with E-state index in [1.807, 2.05) is 115 Å². The van der Waals surface area contributed by atoms with Gasteiger partial charge in [0.15, 0.2) is 16.9 Å². The van der Waals surface area contributed by atoms with Crippen molar-refractivity contribution in [2.45, 2.75) is 48.4 Å². The molecule has 3 aliphatic rings. The standard InChI is InChI=1S/C50H43N5O7S2/c1-60-54-41(39-31-64-49(51-39)53-50(35-21-11-4-12-22-35,36-23-13-5-14-24-36)37-25-15-6-16-26-37)45(57)52-42-46(58)55-43(34(30-63-47(42)55)29-38-27-28-40(56)61-38)48(59)62-44(32-17-7-2-8-18-32)33-19-9-3-10-20-33/h2-26,31,38,42,44,47H,27-30H2,1H3,(H,51,53)(H,52,57)/b54-41-/t38?,42-,47-/m1/s1. The maximum Gasteiger partial charge on any atom is 0.356 e. The summed E-state index contributed by atoms with van der Waals surface area (Å²) in [5.41, 5.74) is 4.41. The van der Waals surface area contributed by atoms with Gasteiger partial charge in [-0.25, -0.2) is 9.78 Å². The van der Waals surface area contributed by atoms with Crippen LogP contribution in [0.3, 0.4) is 0 Å². The van der Waals surface area contributed by atoms with Crippen molar-refractivity contribution in [1.29, 1.82) is 0 Å². The molecular formula is C50H43N5O7S2. The fourth-order valence-electron chi connectivity index (χ4n) is 8.46. The summed E-state index contributed by atoms with van der Waals surface area (Å²) in [5.74, 6) is -1.83. The topological polar surface area (TPSA) is 149 Å². The molecule has 9 rings (SSSR count). The van der Waals surface area contributed by atoms with Crippen LogP contribution in [0.15, 0.2) is 173 Å². The van der Waals surface area contributed by atoms with E-state index < -0.39 is 46.9 Å². The van der Waals surface area contributed by atoms with Crippen LogP contribution in [0.25, 0.3) is 0 Å². The Bertz CT molecular complexity index is 2560. The number of thiazole rings is 1. The minimum atomic E-state index is -1.01. The Hall–Kier alpha value is -7.03. The molecule has 12 nitrogen and oxygen atoms in total. The first-order valence-corrected chi connectivity index (χ1v) is 22.8. The summed E-state index contributed by atoms with van der Waals surface area (Å²) in [5, 5.41) is 12.3. The third-order valence-electron chi connectivity index (χ3n) is 11.5. The van der Waals surface area contributed by atoms with Gasteiger partial charge in [0.1, 0.15) is 41.6 Å². The van der Waals surface area contributed by atoms with Gasteiger partial charge in [0, 0.05) is 24.0 Å². The van der Waals surface area contributed by atoms with E-state index in [1.165, 1.54) is 35.1 Å². The van der Waals surface area contributed by atoms with Gasteiger partial charge in [-0.05, 0) is 39.8 Å². The molecule has 5 aromatic carbocycles. The lowest BCUT2D eigenvalue weighted by atomic mass is 9.77. The summed E-state index contributed by atoms with van der Waals surface area (Å²) < 4.78 is 11.9. The van der Waals surface area contributed by atoms with Gasteiger partial charge in [-0.2, -0.15) is 0 Å². The molecule has 14 heteroatoms. The van der Waals surface area contributed by atoms with Crippen LogP contribution in [-0.4, -0.2) is 69.7 Å². The first kappa shape index (κ1) is 42.3. The number of carbonyl (C=O) groups excluding carboxylic acids is 4. The zero-order valence-electron chi connectivity index (χ0n) is 34.7. The number of anilines is 1. The summed E-state index contributed by atoms with van der Waals surface area (Å²) in [6, 6.07) is 48.0. The quantitative estimate of drug-likeness (QED) is 0.0342. The van der Waals surface area contributed by atoms with Crippen LogP contribution in [0.4, 0.5) is 5.13 Å². The molecule has 2 saturated heterocycles. The number of ether oxygens (including phenoxy) is 2. The van der Waals surface area contributed by atoms with Gasteiger partial charge in [0.25, 0.3) is 11.8 Å². The molecule has 2 N–H and O–H groups in total. The number of hydrogen-bond donors (Lipinski definition) is 2. The normalized spacial score (nSPS) is 18.5. The zero-order chi connectivity index (χ0) is 44.0. The Kier molecular flexibility index (Phi) is 12.4. The van der Waals surface area contributed by atoms with Crippen LogP contribution in [0.5, 0.6) is 0 Å². The van der Waals surface area contributed by atoms with E-state index in [2.05, 4.69) is 52.2 Å². The van der Waals surface area contributed by atoms with E-state index in [0.29, 0.717) is 22.9 Å². The Balaban J connectivity index is 0.980. The van der Waals surface area contributed by atoms with E-state index in [-0.39, 0.29) is 35.9 Å². The number of carbonyl (C=O) groups is 4. The summed E-state index contributed by atoms with van der Waals surface area (Å²) in [4.78, 5) is 66.5. The largest absolute Gasteiger partial charge is 0.462 e.